The summed E-state index contributed by atoms with van der Waals surface area (Å²) in [5.41, 5.74) is 8.92. The summed E-state index contributed by atoms with van der Waals surface area (Å²) in [6.45, 7) is 1.11. The summed E-state index contributed by atoms with van der Waals surface area (Å²) in [7, 11) is 0. The van der Waals surface area contributed by atoms with Crippen molar-refractivity contribution in [2.24, 2.45) is 5.73 Å². The van der Waals surface area contributed by atoms with E-state index in [-0.39, 0.29) is 11.5 Å². The van der Waals surface area contributed by atoms with Gasteiger partial charge in [0.15, 0.2) is 0 Å². The standard InChI is InChI=1S/C19H15N3O3/c20-9-15(18(21)23)7-12-1-5-17(6-2-12)22-19(24)13-3-4-14-10-25-11-16(14)8-13/h1-8H,10-11H2,(H2,21,23)(H,22,24)/b15-7-. The number of primary amides is 1. The van der Waals surface area contributed by atoms with Crippen molar-refractivity contribution in [1.29, 1.82) is 5.26 Å². The number of nitrogens with zero attached hydrogens (tertiary/aromatic N) is 1. The molecule has 3 rings (SSSR count). The number of ether oxygens (including phenoxy) is 1. The van der Waals surface area contributed by atoms with Crippen LogP contribution in [0.3, 0.4) is 0 Å². The van der Waals surface area contributed by atoms with Crippen molar-refractivity contribution in [3.05, 3.63) is 70.3 Å². The van der Waals surface area contributed by atoms with Crippen LogP contribution in [0.15, 0.2) is 48.0 Å². The van der Waals surface area contributed by atoms with Gasteiger partial charge in [0, 0.05) is 11.3 Å². The summed E-state index contributed by atoms with van der Waals surface area (Å²) in [6.07, 6.45) is 1.40. The summed E-state index contributed by atoms with van der Waals surface area (Å²) in [6, 6.07) is 14.0. The number of carbonyl (C=O) groups is 2. The van der Waals surface area contributed by atoms with Crippen LogP contribution in [-0.4, -0.2) is 11.8 Å². The van der Waals surface area contributed by atoms with Gasteiger partial charge in [-0.15, -0.1) is 0 Å². The lowest BCUT2D eigenvalue weighted by atomic mass is 10.1. The molecule has 0 fully saturated rings. The molecule has 0 aromatic heterocycles. The van der Waals surface area contributed by atoms with E-state index in [0.717, 1.165) is 11.1 Å². The third-order valence-electron chi connectivity index (χ3n) is 3.85. The minimum atomic E-state index is -0.777. The number of carbonyl (C=O) groups excluding carboxylic acids is 2. The first-order chi connectivity index (χ1) is 12.1. The molecular formula is C19H15N3O3. The molecule has 6 heteroatoms. The van der Waals surface area contributed by atoms with E-state index < -0.39 is 5.91 Å². The van der Waals surface area contributed by atoms with Crippen LogP contribution in [0, 0.1) is 11.3 Å². The van der Waals surface area contributed by atoms with Crippen LogP contribution in [0.2, 0.25) is 0 Å². The minimum absolute atomic E-state index is 0.128. The quantitative estimate of drug-likeness (QED) is 0.662. The average molecular weight is 333 g/mol. The molecule has 0 spiro atoms. The molecule has 3 N–H and O–H groups in total. The maximum absolute atomic E-state index is 12.3. The van der Waals surface area contributed by atoms with Gasteiger partial charge in [-0.2, -0.15) is 5.26 Å². The van der Waals surface area contributed by atoms with E-state index in [1.165, 1.54) is 6.08 Å². The molecule has 25 heavy (non-hydrogen) atoms. The van der Waals surface area contributed by atoms with Crippen molar-refractivity contribution in [2.45, 2.75) is 13.2 Å². The highest BCUT2D eigenvalue weighted by molar-refractivity contribution is 6.04. The normalized spacial score (nSPS) is 13.0. The molecule has 0 atom stereocenters. The zero-order valence-corrected chi connectivity index (χ0v) is 13.3. The van der Waals surface area contributed by atoms with Crippen molar-refractivity contribution in [1.82, 2.24) is 0 Å². The number of amides is 2. The molecule has 2 aromatic rings. The van der Waals surface area contributed by atoms with Crippen LogP contribution in [0.4, 0.5) is 5.69 Å². The molecule has 1 heterocycles. The molecule has 124 valence electrons. The van der Waals surface area contributed by atoms with Gasteiger partial charge in [-0.25, -0.2) is 0 Å². The second-order valence-electron chi connectivity index (χ2n) is 5.59. The van der Waals surface area contributed by atoms with E-state index in [1.54, 1.807) is 36.4 Å². The molecule has 0 saturated heterocycles. The van der Waals surface area contributed by atoms with Gasteiger partial charge in [0.25, 0.3) is 11.8 Å². The molecular weight excluding hydrogens is 318 g/mol. The zero-order chi connectivity index (χ0) is 17.8. The molecule has 1 aliphatic rings. The van der Waals surface area contributed by atoms with E-state index in [2.05, 4.69) is 5.32 Å². The van der Waals surface area contributed by atoms with Gasteiger partial charge in [-0.3, -0.25) is 9.59 Å². The van der Waals surface area contributed by atoms with Gasteiger partial charge in [0.1, 0.15) is 11.6 Å². The fourth-order valence-corrected chi connectivity index (χ4v) is 2.50. The first-order valence-corrected chi connectivity index (χ1v) is 7.59. The first kappa shape index (κ1) is 16.4. The first-order valence-electron chi connectivity index (χ1n) is 7.59. The van der Waals surface area contributed by atoms with E-state index in [4.69, 9.17) is 15.7 Å². The Labute approximate surface area is 144 Å². The number of rotatable bonds is 4. The van der Waals surface area contributed by atoms with Crippen LogP contribution in [-0.2, 0) is 22.7 Å². The maximum atomic E-state index is 12.3. The third kappa shape index (κ3) is 3.74. The van der Waals surface area contributed by atoms with Crippen molar-refractivity contribution in [3.8, 4) is 6.07 Å². The predicted molar refractivity (Wildman–Crippen MR) is 92.1 cm³/mol. The zero-order valence-electron chi connectivity index (χ0n) is 13.3. The molecule has 1 aliphatic heterocycles. The lowest BCUT2D eigenvalue weighted by Gasteiger charge is -2.07. The van der Waals surface area contributed by atoms with E-state index in [9.17, 15) is 9.59 Å². The van der Waals surface area contributed by atoms with E-state index in [1.807, 2.05) is 12.1 Å². The van der Waals surface area contributed by atoms with Gasteiger partial charge < -0.3 is 15.8 Å². The summed E-state index contributed by atoms with van der Waals surface area (Å²) in [5.74, 6) is -0.992. The number of nitrogens with two attached hydrogens (primary N) is 1. The van der Waals surface area contributed by atoms with Crippen molar-refractivity contribution in [2.75, 3.05) is 5.32 Å². The molecule has 2 aromatic carbocycles. The van der Waals surface area contributed by atoms with Crippen LogP contribution in [0.25, 0.3) is 6.08 Å². The fraction of sp³-hybridized carbons (Fsp3) is 0.105. The van der Waals surface area contributed by atoms with Gasteiger partial charge in [0.2, 0.25) is 0 Å². The van der Waals surface area contributed by atoms with Crippen LogP contribution in [0.5, 0.6) is 0 Å². The molecule has 0 saturated carbocycles. The van der Waals surface area contributed by atoms with Crippen molar-refractivity contribution < 1.29 is 14.3 Å². The number of anilines is 1. The maximum Gasteiger partial charge on any atom is 0.259 e. The van der Waals surface area contributed by atoms with Crippen molar-refractivity contribution >= 4 is 23.6 Å². The van der Waals surface area contributed by atoms with Crippen LogP contribution >= 0.6 is 0 Å². The lowest BCUT2D eigenvalue weighted by molar-refractivity contribution is -0.114. The molecule has 6 nitrogen and oxygen atoms in total. The summed E-state index contributed by atoms with van der Waals surface area (Å²) < 4.78 is 5.35. The Balaban J connectivity index is 1.72. The Morgan fingerprint density at radius 3 is 2.52 bits per heavy atom. The van der Waals surface area contributed by atoms with Gasteiger partial charge >= 0.3 is 0 Å². The molecule has 0 unspecified atom stereocenters. The monoisotopic (exact) mass is 333 g/mol. The average Bonchev–Trinajstić information content (AvgIpc) is 3.08. The topological polar surface area (TPSA) is 105 Å². The molecule has 0 aliphatic carbocycles. The minimum Gasteiger partial charge on any atom is -0.372 e. The highest BCUT2D eigenvalue weighted by atomic mass is 16.5. The highest BCUT2D eigenvalue weighted by Gasteiger charge is 2.14. The Kier molecular flexibility index (Phi) is 4.59. The molecule has 2 amide bonds. The SMILES string of the molecule is N#C/C(=C/c1ccc(NC(=O)c2ccc3c(c2)COC3)cc1)C(N)=O. The number of nitriles is 1. The largest absolute Gasteiger partial charge is 0.372 e. The lowest BCUT2D eigenvalue weighted by Crippen LogP contribution is -2.12. The number of fused-ring (bicyclic) bond motifs is 1. The smallest absolute Gasteiger partial charge is 0.259 e. The Bertz CT molecular complexity index is 909. The number of nitrogens with one attached hydrogen (secondary N) is 1. The number of hydrogen-bond donors (Lipinski definition) is 2. The van der Waals surface area contributed by atoms with Crippen molar-refractivity contribution in [3.63, 3.8) is 0 Å². The van der Waals surface area contributed by atoms with Gasteiger partial charge in [-0.05, 0) is 47.0 Å². The summed E-state index contributed by atoms with van der Waals surface area (Å²) in [5, 5.41) is 11.6. The van der Waals surface area contributed by atoms with Crippen LogP contribution < -0.4 is 11.1 Å². The summed E-state index contributed by atoms with van der Waals surface area (Å²) in [4.78, 5) is 23.4. The van der Waals surface area contributed by atoms with Crippen LogP contribution in [0.1, 0.15) is 27.0 Å². The molecule has 0 radical (unpaired) electrons. The van der Waals surface area contributed by atoms with Gasteiger partial charge in [-0.1, -0.05) is 18.2 Å². The van der Waals surface area contributed by atoms with Gasteiger partial charge in [0.05, 0.1) is 13.2 Å². The molecule has 0 bridgehead atoms. The highest BCUT2D eigenvalue weighted by Crippen LogP contribution is 2.21. The third-order valence-corrected chi connectivity index (χ3v) is 3.85. The van der Waals surface area contributed by atoms with E-state index >= 15 is 0 Å². The number of hydrogen-bond acceptors (Lipinski definition) is 4. The Morgan fingerprint density at radius 1 is 1.12 bits per heavy atom. The second-order valence-corrected chi connectivity index (χ2v) is 5.59. The second kappa shape index (κ2) is 6.99. The predicted octanol–water partition coefficient (Wildman–Crippen LogP) is 2.36. The number of benzene rings is 2. The fourth-order valence-electron chi connectivity index (χ4n) is 2.50. The van der Waals surface area contributed by atoms with E-state index in [0.29, 0.717) is 30.0 Å². The Hall–Kier alpha value is -3.43. The Morgan fingerprint density at radius 2 is 1.84 bits per heavy atom. The summed E-state index contributed by atoms with van der Waals surface area (Å²) >= 11 is 0.